The van der Waals surface area contributed by atoms with Crippen molar-refractivity contribution in [1.82, 2.24) is 20.5 Å². The van der Waals surface area contributed by atoms with Gasteiger partial charge in [-0.2, -0.15) is 0 Å². The third-order valence-electron chi connectivity index (χ3n) is 4.53. The molecule has 0 radical (unpaired) electrons. The predicted octanol–water partition coefficient (Wildman–Crippen LogP) is 3.05. The standard InChI is InChI=1S/C22H31ClN6O.HI/c1-28(2)21(30)17-27-22(25-14-12-18-10-11-20(23)26-16-18)24-13-7-15-29(3)19-8-5-4-6-9-19;/h4-6,8-11,16H,7,12-15,17H2,1-3H3,(H2,24,25,27);1H. The van der Waals surface area contributed by atoms with Crippen LogP contribution in [-0.2, 0) is 11.2 Å². The van der Waals surface area contributed by atoms with Crippen LogP contribution in [0.3, 0.4) is 0 Å². The first-order valence-electron chi connectivity index (χ1n) is 10.0. The first kappa shape index (κ1) is 27.0. The summed E-state index contributed by atoms with van der Waals surface area (Å²) in [5.74, 6) is 0.594. The number of likely N-dealkylation sites (N-methyl/N-ethyl adjacent to an activating group) is 1. The van der Waals surface area contributed by atoms with Crippen LogP contribution in [0.4, 0.5) is 5.69 Å². The number of nitrogens with one attached hydrogen (secondary N) is 2. The van der Waals surface area contributed by atoms with Crippen molar-refractivity contribution in [3.8, 4) is 0 Å². The molecule has 2 aromatic rings. The number of hydrogen-bond acceptors (Lipinski definition) is 4. The van der Waals surface area contributed by atoms with E-state index in [9.17, 15) is 4.79 Å². The fourth-order valence-electron chi connectivity index (χ4n) is 2.68. The molecule has 0 fully saturated rings. The van der Waals surface area contributed by atoms with Gasteiger partial charge in [-0.25, -0.2) is 9.98 Å². The smallest absolute Gasteiger partial charge is 0.243 e. The van der Waals surface area contributed by atoms with E-state index in [0.29, 0.717) is 17.7 Å². The Morgan fingerprint density at radius 1 is 1.06 bits per heavy atom. The fourth-order valence-corrected chi connectivity index (χ4v) is 2.79. The summed E-state index contributed by atoms with van der Waals surface area (Å²) < 4.78 is 0. The molecule has 1 heterocycles. The average Bonchev–Trinajstić information content (AvgIpc) is 2.75. The number of pyridine rings is 1. The molecule has 0 aliphatic rings. The minimum absolute atomic E-state index is 0. The summed E-state index contributed by atoms with van der Waals surface area (Å²) >= 11 is 5.83. The number of aliphatic imine (C=N–C) groups is 1. The van der Waals surface area contributed by atoms with E-state index in [1.54, 1.807) is 26.4 Å². The van der Waals surface area contributed by atoms with E-state index in [-0.39, 0.29) is 36.4 Å². The number of aromatic nitrogens is 1. The van der Waals surface area contributed by atoms with Crippen molar-refractivity contribution in [3.63, 3.8) is 0 Å². The average molecular weight is 559 g/mol. The molecule has 0 saturated carbocycles. The highest BCUT2D eigenvalue weighted by atomic mass is 127. The second-order valence-electron chi connectivity index (χ2n) is 7.16. The van der Waals surface area contributed by atoms with Crippen LogP contribution in [0.5, 0.6) is 0 Å². The number of benzene rings is 1. The lowest BCUT2D eigenvalue weighted by atomic mass is 10.2. The maximum absolute atomic E-state index is 11.9. The summed E-state index contributed by atoms with van der Waals surface area (Å²) in [6.07, 6.45) is 3.49. The Balaban J connectivity index is 0.00000480. The number of carbonyl (C=O) groups excluding carboxylic acids is 1. The second kappa shape index (κ2) is 14.9. The van der Waals surface area contributed by atoms with E-state index in [1.165, 1.54) is 10.6 Å². The third-order valence-corrected chi connectivity index (χ3v) is 4.75. The molecule has 0 bridgehead atoms. The summed E-state index contributed by atoms with van der Waals surface area (Å²) in [6.45, 7) is 2.45. The normalized spacial score (nSPS) is 10.8. The Morgan fingerprint density at radius 2 is 1.77 bits per heavy atom. The molecule has 1 aromatic heterocycles. The number of hydrogen-bond donors (Lipinski definition) is 2. The number of nitrogens with zero attached hydrogens (tertiary/aromatic N) is 4. The van der Waals surface area contributed by atoms with Crippen LogP contribution >= 0.6 is 35.6 Å². The van der Waals surface area contributed by atoms with Gasteiger partial charge in [0.05, 0.1) is 0 Å². The summed E-state index contributed by atoms with van der Waals surface area (Å²) in [5, 5.41) is 7.10. The van der Waals surface area contributed by atoms with E-state index >= 15 is 0 Å². The van der Waals surface area contributed by atoms with Crippen LogP contribution in [-0.4, -0.2) is 69.1 Å². The monoisotopic (exact) mass is 558 g/mol. The quantitative estimate of drug-likeness (QED) is 0.154. The molecule has 0 saturated heterocycles. The van der Waals surface area contributed by atoms with Crippen molar-refractivity contribution >= 4 is 53.1 Å². The lowest BCUT2D eigenvalue weighted by Crippen LogP contribution is -2.40. The molecule has 1 aromatic carbocycles. The minimum Gasteiger partial charge on any atom is -0.375 e. The van der Waals surface area contributed by atoms with Gasteiger partial charge in [0, 0.05) is 52.7 Å². The van der Waals surface area contributed by atoms with Gasteiger partial charge >= 0.3 is 0 Å². The Bertz CT molecular complexity index is 801. The summed E-state index contributed by atoms with van der Waals surface area (Å²) in [5.41, 5.74) is 2.28. The molecule has 2 N–H and O–H groups in total. The van der Waals surface area contributed by atoms with E-state index in [0.717, 1.165) is 31.5 Å². The molecule has 9 heteroatoms. The number of rotatable bonds is 10. The number of guanidine groups is 1. The van der Waals surface area contributed by atoms with Crippen molar-refractivity contribution in [2.24, 2.45) is 4.99 Å². The van der Waals surface area contributed by atoms with Crippen LogP contribution in [0.25, 0.3) is 0 Å². The SMILES string of the molecule is CN(C)C(=O)CN=C(NCCCN(C)c1ccccc1)NCCc1ccc(Cl)nc1.I. The lowest BCUT2D eigenvalue weighted by Gasteiger charge is -2.20. The maximum atomic E-state index is 11.9. The Hall–Kier alpha value is -2.07. The molecule has 0 aliphatic carbocycles. The highest BCUT2D eigenvalue weighted by Gasteiger charge is 2.05. The van der Waals surface area contributed by atoms with Gasteiger partial charge in [0.1, 0.15) is 11.7 Å². The van der Waals surface area contributed by atoms with Gasteiger partial charge in [0.2, 0.25) is 5.91 Å². The molecule has 1 amide bonds. The zero-order valence-electron chi connectivity index (χ0n) is 18.3. The molecular weight excluding hydrogens is 527 g/mol. The molecule has 31 heavy (non-hydrogen) atoms. The number of para-hydroxylation sites is 1. The van der Waals surface area contributed by atoms with E-state index in [1.807, 2.05) is 24.3 Å². The highest BCUT2D eigenvalue weighted by Crippen LogP contribution is 2.10. The number of halogens is 2. The van der Waals surface area contributed by atoms with Gasteiger partial charge in [0.25, 0.3) is 0 Å². The van der Waals surface area contributed by atoms with Crippen LogP contribution in [0.1, 0.15) is 12.0 Å². The molecule has 0 aliphatic heterocycles. The molecule has 2 rings (SSSR count). The van der Waals surface area contributed by atoms with Crippen molar-refractivity contribution in [3.05, 3.63) is 59.4 Å². The van der Waals surface area contributed by atoms with Crippen molar-refractivity contribution in [2.75, 3.05) is 52.2 Å². The molecule has 0 unspecified atom stereocenters. The van der Waals surface area contributed by atoms with E-state index < -0.39 is 0 Å². The molecule has 0 atom stereocenters. The van der Waals surface area contributed by atoms with Gasteiger partial charge in [0.15, 0.2) is 5.96 Å². The number of anilines is 1. The Kier molecular flexibility index (Phi) is 12.9. The van der Waals surface area contributed by atoms with Crippen molar-refractivity contribution in [1.29, 1.82) is 0 Å². The van der Waals surface area contributed by atoms with E-state index in [2.05, 4.69) is 44.7 Å². The maximum Gasteiger partial charge on any atom is 0.243 e. The van der Waals surface area contributed by atoms with Gasteiger partial charge in [-0.15, -0.1) is 24.0 Å². The Morgan fingerprint density at radius 3 is 2.42 bits per heavy atom. The molecule has 7 nitrogen and oxygen atoms in total. The van der Waals surface area contributed by atoms with Crippen molar-refractivity contribution < 1.29 is 4.79 Å². The number of amides is 1. The second-order valence-corrected chi connectivity index (χ2v) is 7.54. The summed E-state index contributed by atoms with van der Waals surface area (Å²) in [7, 11) is 5.54. The van der Waals surface area contributed by atoms with Crippen LogP contribution < -0.4 is 15.5 Å². The predicted molar refractivity (Wildman–Crippen MR) is 140 cm³/mol. The summed E-state index contributed by atoms with van der Waals surface area (Å²) in [6, 6.07) is 14.0. The largest absolute Gasteiger partial charge is 0.375 e. The van der Waals surface area contributed by atoms with Crippen LogP contribution in [0, 0.1) is 0 Å². The fraction of sp³-hybridized carbons (Fsp3) is 0.409. The topological polar surface area (TPSA) is 72.9 Å². The zero-order chi connectivity index (χ0) is 21.8. The highest BCUT2D eigenvalue weighted by molar-refractivity contribution is 14.0. The van der Waals surface area contributed by atoms with E-state index in [4.69, 9.17) is 11.6 Å². The molecule has 170 valence electrons. The third kappa shape index (κ3) is 10.7. The van der Waals surface area contributed by atoms with Crippen molar-refractivity contribution in [2.45, 2.75) is 12.8 Å². The van der Waals surface area contributed by atoms with Crippen LogP contribution in [0.15, 0.2) is 53.7 Å². The first-order valence-corrected chi connectivity index (χ1v) is 10.4. The van der Waals surface area contributed by atoms with Gasteiger partial charge < -0.3 is 20.4 Å². The molecule has 0 spiro atoms. The van der Waals surface area contributed by atoms with Gasteiger partial charge in [-0.1, -0.05) is 35.9 Å². The lowest BCUT2D eigenvalue weighted by molar-refractivity contribution is -0.127. The number of carbonyl (C=O) groups is 1. The summed E-state index contributed by atoms with van der Waals surface area (Å²) in [4.78, 5) is 24.2. The first-order chi connectivity index (χ1) is 14.5. The molecular formula is C22H32ClIN6O. The minimum atomic E-state index is -0.0400. The van der Waals surface area contributed by atoms with Gasteiger partial charge in [-0.3, -0.25) is 4.79 Å². The van der Waals surface area contributed by atoms with Crippen LogP contribution in [0.2, 0.25) is 5.15 Å². The zero-order valence-corrected chi connectivity index (χ0v) is 21.4. The Labute approximate surface area is 207 Å². The van der Waals surface area contributed by atoms with Gasteiger partial charge in [-0.05, 0) is 36.6 Å².